The van der Waals surface area contributed by atoms with E-state index in [0.717, 1.165) is 46.3 Å². The minimum atomic E-state index is -2.62. The fourth-order valence-electron chi connectivity index (χ4n) is 11.7. The Kier molecular flexibility index (Phi) is 10.9. The van der Waals surface area contributed by atoms with Gasteiger partial charge in [-0.1, -0.05) is 219 Å². The number of para-hydroxylation sites is 4. The molecule has 3 heterocycles. The van der Waals surface area contributed by atoms with Crippen LogP contribution in [0.1, 0.15) is 125 Å². The molecule has 0 radical (unpaired) electrons. The van der Waals surface area contributed by atoms with E-state index in [1.54, 1.807) is 41.1 Å². The molecule has 2 aliphatic rings. The summed E-state index contributed by atoms with van der Waals surface area (Å²) < 4.78 is 113. The first-order valence-corrected chi connectivity index (χ1v) is 28.1. The van der Waals surface area contributed by atoms with Gasteiger partial charge in [0.15, 0.2) is 0 Å². The van der Waals surface area contributed by atoms with Crippen molar-refractivity contribution < 1.29 is 40.9 Å². The number of fused-ring (bicyclic) bond motifs is 5. The van der Waals surface area contributed by atoms with Crippen LogP contribution in [0.3, 0.4) is 0 Å². The van der Waals surface area contributed by atoms with Gasteiger partial charge >= 0.3 is 27.1 Å². The Labute approximate surface area is 520 Å². The summed E-state index contributed by atoms with van der Waals surface area (Å²) >= 11 is 0. The molecule has 0 atom stereocenters. The Hall–Kier alpha value is -8.20. The number of nitrogens with zero attached hydrogens (tertiary/aromatic N) is 4. The third kappa shape index (κ3) is 10.1. The fourth-order valence-corrected chi connectivity index (χ4v) is 11.7. The van der Waals surface area contributed by atoms with Gasteiger partial charge in [-0.25, -0.2) is 4.98 Å². The monoisotopic (exact) mass is 1270 g/mol. The summed E-state index contributed by atoms with van der Waals surface area (Å²) in [5.41, 5.74) is 11.1. The summed E-state index contributed by atoms with van der Waals surface area (Å²) in [6.45, 7) is 19.4. The maximum absolute atomic E-state index is 9.73. The molecule has 1 aliphatic carbocycles. The molecular formula is C77H70N4OPt+2. The van der Waals surface area contributed by atoms with E-state index < -0.39 is 18.9 Å². The van der Waals surface area contributed by atoms with Crippen molar-refractivity contribution in [2.24, 2.45) is 0 Å². The van der Waals surface area contributed by atoms with E-state index >= 15 is 0 Å². The van der Waals surface area contributed by atoms with Crippen LogP contribution in [0.25, 0.3) is 72.1 Å². The number of aromatic nitrogens is 2. The van der Waals surface area contributed by atoms with E-state index in [0.29, 0.717) is 44.7 Å². The Morgan fingerprint density at radius 3 is 1.92 bits per heavy atom. The van der Waals surface area contributed by atoms with Gasteiger partial charge in [-0.2, -0.15) is 12.1 Å². The molecule has 0 saturated heterocycles. The largest absolute Gasteiger partial charge is 2.00 e. The number of hydrogen-bond donors (Lipinski definition) is 0. The molecule has 0 bridgehead atoms. The third-order valence-electron chi connectivity index (χ3n) is 16.5. The smallest absolute Gasteiger partial charge is 0.509 e. The average Bonchev–Trinajstić information content (AvgIpc) is 1.49. The van der Waals surface area contributed by atoms with Crippen molar-refractivity contribution in [2.45, 2.75) is 111 Å². The van der Waals surface area contributed by atoms with E-state index in [-0.39, 0.29) is 129 Å². The molecule has 11 aromatic rings. The molecule has 13 rings (SSSR count). The van der Waals surface area contributed by atoms with Crippen LogP contribution in [0.5, 0.6) is 11.5 Å². The first kappa shape index (κ1) is 43.5. The zero-order valence-corrected chi connectivity index (χ0v) is 50.6. The first-order valence-electron chi connectivity index (χ1n) is 33.6. The molecule has 9 aromatic carbocycles. The second-order valence-corrected chi connectivity index (χ2v) is 25.1. The Bertz CT molecular complexity index is 4990. The van der Waals surface area contributed by atoms with E-state index in [1.165, 1.54) is 11.6 Å². The average molecular weight is 1270 g/mol. The molecule has 0 fully saturated rings. The molecule has 412 valence electrons. The molecule has 0 unspecified atom stereocenters. The van der Waals surface area contributed by atoms with Crippen LogP contribution in [0.4, 0.5) is 22.7 Å². The topological polar surface area (TPSA) is 33.1 Å². The maximum Gasteiger partial charge on any atom is 2.00 e. The zero-order valence-electron chi connectivity index (χ0n) is 59.4. The van der Waals surface area contributed by atoms with Crippen molar-refractivity contribution in [3.8, 4) is 61.8 Å². The van der Waals surface area contributed by atoms with E-state index in [1.807, 2.05) is 88.0 Å². The number of hydrogen-bond acceptors (Lipinski definition) is 2. The van der Waals surface area contributed by atoms with Crippen LogP contribution in [0, 0.1) is 19.0 Å². The van der Waals surface area contributed by atoms with Gasteiger partial charge in [-0.05, 0) is 131 Å². The quantitative estimate of drug-likeness (QED) is 0.107. The molecule has 5 nitrogen and oxygen atoms in total. The van der Waals surface area contributed by atoms with Crippen LogP contribution >= 0.6 is 0 Å². The molecule has 0 N–H and O–H groups in total. The third-order valence-corrected chi connectivity index (χ3v) is 16.5. The predicted molar refractivity (Wildman–Crippen MR) is 343 cm³/mol. The Morgan fingerprint density at radius 1 is 0.566 bits per heavy atom. The normalized spacial score (nSPS) is 16.4. The van der Waals surface area contributed by atoms with Crippen LogP contribution in [-0.2, 0) is 42.7 Å². The molecule has 0 amide bonds. The summed E-state index contributed by atoms with van der Waals surface area (Å²) in [5, 5.41) is 0.626. The van der Waals surface area contributed by atoms with Crippen LogP contribution in [0.15, 0.2) is 200 Å². The van der Waals surface area contributed by atoms with Crippen LogP contribution in [0.2, 0.25) is 0 Å². The van der Waals surface area contributed by atoms with Gasteiger partial charge in [0.2, 0.25) is 5.69 Å². The van der Waals surface area contributed by atoms with Gasteiger partial charge in [0.05, 0.1) is 22.1 Å². The van der Waals surface area contributed by atoms with E-state index in [9.17, 15) is 8.22 Å². The minimum Gasteiger partial charge on any atom is -0.509 e. The summed E-state index contributed by atoms with van der Waals surface area (Å²) in [4.78, 5) is 4.93. The van der Waals surface area contributed by atoms with Gasteiger partial charge < -0.3 is 9.30 Å². The van der Waals surface area contributed by atoms with Gasteiger partial charge in [0, 0.05) is 45.0 Å². The Balaban J connectivity index is 0.00000848. The fraction of sp³-hybridized carbons (Fsp3) is 0.221. The number of benzene rings is 9. The summed E-state index contributed by atoms with van der Waals surface area (Å²) in [7, 11) is 0. The van der Waals surface area contributed by atoms with Crippen molar-refractivity contribution in [1.82, 2.24) is 18.7 Å². The molecule has 83 heavy (non-hydrogen) atoms. The summed E-state index contributed by atoms with van der Waals surface area (Å²) in [6, 6.07) is 54.1. The van der Waals surface area contributed by atoms with Crippen molar-refractivity contribution in [1.29, 1.82) is 0 Å². The van der Waals surface area contributed by atoms with Crippen molar-refractivity contribution in [3.05, 3.63) is 240 Å². The molecule has 6 heteroatoms. The molecule has 0 spiro atoms. The SMILES string of the molecule is [2H]c1c([2H])c(-c2cccc(-c3cc(C(C)(C)C)cc(C(C)(C)C)c3)c2[N+]2=C=[N+](c3[c-]c(Oc4[c-]c5c(cc4)c4c([2H])c([2H])c([2H])c([2H])c4n5-c4cc(C([2H])([2H])[2H])c(-c5ccc6c(c5)C(C)(C)CCC6(C)C)cn4)ccc3)c3ccccc32)c([2H])c([2H])c1-c1ccccc1.[Pt+2]. The molecule has 1 aliphatic heterocycles. The summed E-state index contributed by atoms with van der Waals surface area (Å²) in [5.74, 6) is 0.583. The maximum atomic E-state index is 9.73. The number of ether oxygens (including phenoxy) is 1. The minimum absolute atomic E-state index is 0. The van der Waals surface area contributed by atoms with E-state index in [4.69, 9.17) is 16.6 Å². The number of aryl methyl sites for hydroxylation is 1. The zero-order chi connectivity index (χ0) is 66.3. The predicted octanol–water partition coefficient (Wildman–Crippen LogP) is 20.3. The number of rotatable bonds is 9. The van der Waals surface area contributed by atoms with Gasteiger partial charge in [0.1, 0.15) is 11.5 Å². The van der Waals surface area contributed by atoms with Crippen LogP contribution in [-0.4, -0.2) is 15.6 Å². The summed E-state index contributed by atoms with van der Waals surface area (Å²) in [6.07, 6.45) is 3.54. The van der Waals surface area contributed by atoms with Crippen LogP contribution < -0.4 is 13.9 Å². The second-order valence-electron chi connectivity index (χ2n) is 25.1. The van der Waals surface area contributed by atoms with E-state index in [2.05, 4.69) is 118 Å². The van der Waals surface area contributed by atoms with Crippen molar-refractivity contribution >= 4 is 50.6 Å². The van der Waals surface area contributed by atoms with Gasteiger partial charge in [0.25, 0.3) is 11.4 Å². The second kappa shape index (κ2) is 20.9. The molecular weight excluding hydrogens is 1190 g/mol. The standard InChI is InChI=1S/C77H70N4O.Pt/c1-50-41-72(78-48-65(50)54-35-38-66-67(44-54)77(10,11)40-39-76(66,8)9)81-68-28-16-15-25-63(68)64-37-36-60(47-71(64)81)82-59-24-19-23-58(46-59)79-49-80(70-30-18-17-29-69(70)79)73-61(53-33-31-52(32-34-53)51-21-13-12-14-22-51)26-20-27-62(73)55-42-56(74(2,3)4)45-57(43-55)75(5,6)7;/h12-38,41-45,48H,39-40H2,1-11H3;/q;+2/i1D3,15D,16D,25D,28D,31D,32D,33D,34D;. The molecule has 0 saturated carbocycles. The Morgan fingerprint density at radius 2 is 1.20 bits per heavy atom. The first-order chi connectivity index (χ1) is 43.8. The van der Waals surface area contributed by atoms with Gasteiger partial charge in [-0.3, -0.25) is 0 Å². The molecule has 2 aromatic heterocycles. The van der Waals surface area contributed by atoms with Gasteiger partial charge in [-0.15, -0.1) is 23.6 Å². The van der Waals surface area contributed by atoms with Crippen molar-refractivity contribution in [2.75, 3.05) is 0 Å². The number of pyridine rings is 1. The van der Waals surface area contributed by atoms with Crippen molar-refractivity contribution in [3.63, 3.8) is 0 Å².